The van der Waals surface area contributed by atoms with Gasteiger partial charge in [0.15, 0.2) is 0 Å². The highest BCUT2D eigenvalue weighted by atomic mass is 32.9. The molecule has 4 heteroatoms. The van der Waals surface area contributed by atoms with Crippen LogP contribution >= 0.6 is 18.1 Å². The average Bonchev–Trinajstić information content (AvgIpc) is 1.91. The lowest BCUT2D eigenvalue weighted by molar-refractivity contribution is 0.383. The van der Waals surface area contributed by atoms with Crippen LogP contribution in [0.15, 0.2) is 0 Å². The molecule has 0 N–H and O–H groups in total. The molecule has 0 atom stereocenters. The number of hydrogen-bond donors (Lipinski definition) is 0. The minimum atomic E-state index is 1.02. The molecule has 0 bridgehead atoms. The van der Waals surface area contributed by atoms with E-state index in [1.807, 2.05) is 0 Å². The van der Waals surface area contributed by atoms with E-state index < -0.39 is 0 Å². The standard InChI is InChI=1S/C5H10NPS2/c8-7-9-6-4-2-1-3-5-6/h1-5H2. The van der Waals surface area contributed by atoms with Gasteiger partial charge >= 0.3 is 0 Å². The van der Waals surface area contributed by atoms with E-state index in [0.29, 0.717) is 0 Å². The van der Waals surface area contributed by atoms with Crippen molar-refractivity contribution in [1.82, 2.24) is 4.31 Å². The summed E-state index contributed by atoms with van der Waals surface area (Å²) < 4.78 is 2.37. The van der Waals surface area contributed by atoms with Crippen LogP contribution in [0.2, 0.25) is 0 Å². The van der Waals surface area contributed by atoms with Gasteiger partial charge in [0.2, 0.25) is 0 Å². The zero-order chi connectivity index (χ0) is 6.53. The SMILES string of the molecule is S=PSN1CCCCC1. The first-order chi connectivity index (χ1) is 4.43. The van der Waals surface area contributed by atoms with E-state index in [9.17, 15) is 0 Å². The molecular formula is C5H10NPS2. The molecule has 1 aliphatic heterocycles. The lowest BCUT2D eigenvalue weighted by Crippen LogP contribution is -2.21. The Labute approximate surface area is 66.9 Å². The Balaban J connectivity index is 2.15. The fraction of sp³-hybridized carbons (Fsp3) is 1.00. The van der Waals surface area contributed by atoms with Gasteiger partial charge in [-0.25, -0.2) is 4.31 Å². The van der Waals surface area contributed by atoms with E-state index in [1.165, 1.54) is 32.4 Å². The predicted molar refractivity (Wildman–Crippen MR) is 47.3 cm³/mol. The van der Waals surface area contributed by atoms with Gasteiger partial charge in [-0.05, 0) is 36.2 Å². The first-order valence-corrected chi connectivity index (χ1v) is 6.47. The normalized spacial score (nSPS) is 22.7. The van der Waals surface area contributed by atoms with Gasteiger partial charge in [-0.15, -0.1) is 0 Å². The third kappa shape index (κ3) is 2.94. The summed E-state index contributed by atoms with van der Waals surface area (Å²) in [4.78, 5) is 0. The monoisotopic (exact) mass is 179 g/mol. The van der Waals surface area contributed by atoms with E-state index in [1.54, 1.807) is 11.6 Å². The molecule has 0 aromatic rings. The third-order valence-corrected chi connectivity index (χ3v) is 3.62. The molecule has 0 aromatic heterocycles. The second-order valence-electron chi connectivity index (χ2n) is 2.15. The molecule has 0 aromatic carbocycles. The second-order valence-corrected chi connectivity index (χ2v) is 5.25. The Morgan fingerprint density at radius 3 is 2.44 bits per heavy atom. The maximum Gasteiger partial charge on any atom is 0.0600 e. The first kappa shape index (κ1) is 7.93. The molecule has 0 unspecified atom stereocenters. The van der Waals surface area contributed by atoms with E-state index in [4.69, 9.17) is 11.8 Å². The van der Waals surface area contributed by atoms with Crippen molar-refractivity contribution in [2.24, 2.45) is 0 Å². The third-order valence-electron chi connectivity index (χ3n) is 1.46. The van der Waals surface area contributed by atoms with E-state index in [-0.39, 0.29) is 0 Å². The summed E-state index contributed by atoms with van der Waals surface area (Å²) in [5.41, 5.74) is 0. The van der Waals surface area contributed by atoms with E-state index in [0.717, 1.165) is 6.56 Å². The first-order valence-electron chi connectivity index (χ1n) is 3.18. The van der Waals surface area contributed by atoms with Gasteiger partial charge in [0.25, 0.3) is 0 Å². The minimum Gasteiger partial charge on any atom is -0.242 e. The molecule has 0 saturated carbocycles. The Morgan fingerprint density at radius 2 is 1.89 bits per heavy atom. The number of rotatable bonds is 2. The Kier molecular flexibility index (Phi) is 4.07. The van der Waals surface area contributed by atoms with Crippen molar-refractivity contribution in [3.8, 4) is 0 Å². The summed E-state index contributed by atoms with van der Waals surface area (Å²) in [7, 11) is 0. The van der Waals surface area contributed by atoms with Gasteiger partial charge in [-0.3, -0.25) is 0 Å². The molecule has 0 amide bonds. The predicted octanol–water partition coefficient (Wildman–Crippen LogP) is 2.44. The fourth-order valence-corrected chi connectivity index (χ4v) is 3.13. The summed E-state index contributed by atoms with van der Waals surface area (Å²) in [5.74, 6) is 0. The van der Waals surface area contributed by atoms with Crippen molar-refractivity contribution in [3.05, 3.63) is 0 Å². The van der Waals surface area contributed by atoms with Crippen LogP contribution in [0.5, 0.6) is 0 Å². The number of piperidine rings is 1. The highest BCUT2D eigenvalue weighted by Crippen LogP contribution is 2.26. The molecule has 1 saturated heterocycles. The minimum absolute atomic E-state index is 1.02. The highest BCUT2D eigenvalue weighted by molar-refractivity contribution is 8.56. The van der Waals surface area contributed by atoms with E-state index in [2.05, 4.69) is 4.31 Å². The number of hydrogen-bond acceptors (Lipinski definition) is 3. The lowest BCUT2D eigenvalue weighted by atomic mass is 10.2. The maximum absolute atomic E-state index is 4.83. The van der Waals surface area contributed by atoms with Gasteiger partial charge in [-0.2, -0.15) is 0 Å². The Hall–Kier alpha value is 0.830. The molecule has 0 radical (unpaired) electrons. The van der Waals surface area contributed by atoms with Crippen LogP contribution in [0.25, 0.3) is 0 Å². The van der Waals surface area contributed by atoms with Crippen LogP contribution in [-0.2, 0) is 11.8 Å². The van der Waals surface area contributed by atoms with Gasteiger partial charge in [0.1, 0.15) is 0 Å². The van der Waals surface area contributed by atoms with Crippen molar-refractivity contribution in [2.45, 2.75) is 19.3 Å². The summed E-state index contributed by atoms with van der Waals surface area (Å²) in [6.07, 6.45) is 4.13. The van der Waals surface area contributed by atoms with Crippen LogP contribution in [0.4, 0.5) is 0 Å². The van der Waals surface area contributed by atoms with Gasteiger partial charge in [-0.1, -0.05) is 6.42 Å². The molecule has 0 spiro atoms. The summed E-state index contributed by atoms with van der Waals surface area (Å²) in [5, 5.41) is 0. The molecule has 52 valence electrons. The lowest BCUT2D eigenvalue weighted by Gasteiger charge is -2.22. The van der Waals surface area contributed by atoms with Crippen LogP contribution in [-0.4, -0.2) is 17.4 Å². The molecule has 0 aliphatic carbocycles. The van der Waals surface area contributed by atoms with Crippen molar-refractivity contribution < 1.29 is 0 Å². The highest BCUT2D eigenvalue weighted by Gasteiger charge is 2.08. The summed E-state index contributed by atoms with van der Waals surface area (Å²) in [6.45, 7) is 3.51. The smallest absolute Gasteiger partial charge is 0.0600 e. The van der Waals surface area contributed by atoms with Gasteiger partial charge in [0, 0.05) is 13.1 Å². The van der Waals surface area contributed by atoms with Gasteiger partial charge < -0.3 is 0 Å². The zero-order valence-corrected chi connectivity index (χ0v) is 7.77. The fourth-order valence-electron chi connectivity index (χ4n) is 0.994. The van der Waals surface area contributed by atoms with Crippen molar-refractivity contribution >= 4 is 29.9 Å². The largest absolute Gasteiger partial charge is 0.242 e. The van der Waals surface area contributed by atoms with Crippen LogP contribution in [0, 0.1) is 0 Å². The molecular weight excluding hydrogens is 169 g/mol. The maximum atomic E-state index is 4.83. The molecule has 1 aliphatic rings. The van der Waals surface area contributed by atoms with Crippen LogP contribution in [0.3, 0.4) is 0 Å². The molecule has 1 rings (SSSR count). The van der Waals surface area contributed by atoms with Crippen molar-refractivity contribution in [3.63, 3.8) is 0 Å². The average molecular weight is 179 g/mol. The Morgan fingerprint density at radius 1 is 1.22 bits per heavy atom. The van der Waals surface area contributed by atoms with E-state index >= 15 is 0 Å². The second kappa shape index (κ2) is 4.62. The number of nitrogens with zero attached hydrogens (tertiary/aromatic N) is 1. The summed E-state index contributed by atoms with van der Waals surface area (Å²) in [6, 6.07) is 0. The topological polar surface area (TPSA) is 3.24 Å². The van der Waals surface area contributed by atoms with Crippen molar-refractivity contribution in [2.75, 3.05) is 13.1 Å². The quantitative estimate of drug-likeness (QED) is 0.473. The Bertz CT molecular complexity index is 93.0. The molecule has 9 heavy (non-hydrogen) atoms. The van der Waals surface area contributed by atoms with Gasteiger partial charge in [0.05, 0.1) is 6.56 Å². The zero-order valence-electron chi connectivity index (χ0n) is 5.25. The van der Waals surface area contributed by atoms with Crippen LogP contribution < -0.4 is 0 Å². The molecule has 1 fully saturated rings. The molecule has 1 nitrogen and oxygen atoms in total. The summed E-state index contributed by atoms with van der Waals surface area (Å²) >= 11 is 6.60. The van der Waals surface area contributed by atoms with Crippen LogP contribution in [0.1, 0.15) is 19.3 Å². The van der Waals surface area contributed by atoms with Crippen molar-refractivity contribution in [1.29, 1.82) is 0 Å². The molecule has 1 heterocycles.